The standard InChI is InChI=1S/C12H12BrClF2O/c13-9-1-2-10(15)8(11(9)16)5-12(6-14)3-4-17-7-12/h1-2H,3-7H2. The zero-order valence-corrected chi connectivity index (χ0v) is 11.5. The van der Waals surface area contributed by atoms with Crippen LogP contribution in [0.25, 0.3) is 0 Å². The van der Waals surface area contributed by atoms with Crippen LogP contribution in [0, 0.1) is 17.0 Å². The van der Waals surface area contributed by atoms with E-state index in [1.54, 1.807) is 0 Å². The Hall–Kier alpha value is -0.190. The van der Waals surface area contributed by atoms with Gasteiger partial charge in [-0.1, -0.05) is 0 Å². The van der Waals surface area contributed by atoms with E-state index < -0.39 is 11.6 Å². The Morgan fingerprint density at radius 1 is 1.41 bits per heavy atom. The van der Waals surface area contributed by atoms with Crippen LogP contribution < -0.4 is 0 Å². The highest BCUT2D eigenvalue weighted by Crippen LogP contribution is 2.36. The van der Waals surface area contributed by atoms with Crippen LogP contribution in [-0.4, -0.2) is 19.1 Å². The molecule has 17 heavy (non-hydrogen) atoms. The van der Waals surface area contributed by atoms with Crippen LogP contribution in [0.15, 0.2) is 16.6 Å². The predicted octanol–water partition coefficient (Wildman–Crippen LogP) is 3.92. The number of hydrogen-bond donors (Lipinski definition) is 0. The van der Waals surface area contributed by atoms with E-state index in [1.807, 2.05) is 0 Å². The molecule has 0 amide bonds. The fourth-order valence-corrected chi connectivity index (χ4v) is 2.72. The molecule has 2 rings (SSSR count). The molecule has 0 radical (unpaired) electrons. The van der Waals surface area contributed by atoms with Gasteiger partial charge in [0.15, 0.2) is 0 Å². The summed E-state index contributed by atoms with van der Waals surface area (Å²) in [7, 11) is 0. The summed E-state index contributed by atoms with van der Waals surface area (Å²) in [5.74, 6) is -0.721. The zero-order chi connectivity index (χ0) is 12.5. The number of benzene rings is 1. The van der Waals surface area contributed by atoms with E-state index in [1.165, 1.54) is 12.1 Å². The fraction of sp³-hybridized carbons (Fsp3) is 0.500. The molecular formula is C12H12BrClF2O. The quantitative estimate of drug-likeness (QED) is 0.605. The molecule has 1 atom stereocenters. The molecule has 1 unspecified atom stereocenters. The van der Waals surface area contributed by atoms with Gasteiger partial charge in [0.25, 0.3) is 0 Å². The molecule has 1 aromatic carbocycles. The monoisotopic (exact) mass is 324 g/mol. The molecule has 0 saturated carbocycles. The third kappa shape index (κ3) is 2.64. The molecule has 1 aliphatic heterocycles. The number of ether oxygens (including phenoxy) is 1. The van der Waals surface area contributed by atoms with Crippen LogP contribution in [0.3, 0.4) is 0 Å². The highest BCUT2D eigenvalue weighted by Gasteiger charge is 2.36. The van der Waals surface area contributed by atoms with Gasteiger partial charge in [-0.25, -0.2) is 8.78 Å². The zero-order valence-electron chi connectivity index (χ0n) is 9.11. The fourth-order valence-electron chi connectivity index (χ4n) is 2.05. The van der Waals surface area contributed by atoms with E-state index in [4.69, 9.17) is 16.3 Å². The summed E-state index contributed by atoms with van der Waals surface area (Å²) in [5.41, 5.74) is -0.255. The maximum absolute atomic E-state index is 13.9. The van der Waals surface area contributed by atoms with Crippen molar-refractivity contribution in [2.45, 2.75) is 12.8 Å². The second-order valence-corrected chi connectivity index (χ2v) is 5.56. The molecule has 0 N–H and O–H groups in total. The van der Waals surface area contributed by atoms with E-state index >= 15 is 0 Å². The molecule has 0 aliphatic carbocycles. The Morgan fingerprint density at radius 3 is 2.76 bits per heavy atom. The van der Waals surface area contributed by atoms with Gasteiger partial charge < -0.3 is 4.74 Å². The molecule has 1 aromatic rings. The molecule has 1 heterocycles. The number of halogens is 4. The van der Waals surface area contributed by atoms with Crippen LogP contribution in [0.5, 0.6) is 0 Å². The lowest BCUT2D eigenvalue weighted by atomic mass is 9.82. The molecule has 94 valence electrons. The summed E-state index contributed by atoms with van der Waals surface area (Å²) in [6.07, 6.45) is 1.01. The van der Waals surface area contributed by atoms with Crippen molar-refractivity contribution in [3.05, 3.63) is 33.8 Å². The van der Waals surface area contributed by atoms with Crippen LogP contribution >= 0.6 is 27.5 Å². The lowest BCUT2D eigenvalue weighted by Gasteiger charge is -2.25. The van der Waals surface area contributed by atoms with Crippen LogP contribution in [0.1, 0.15) is 12.0 Å². The first-order chi connectivity index (χ1) is 8.08. The van der Waals surface area contributed by atoms with Crippen molar-refractivity contribution in [1.82, 2.24) is 0 Å². The first-order valence-corrected chi connectivity index (χ1v) is 6.67. The van der Waals surface area contributed by atoms with Crippen molar-refractivity contribution in [3.8, 4) is 0 Å². The van der Waals surface area contributed by atoms with Gasteiger partial charge in [0.1, 0.15) is 11.6 Å². The highest BCUT2D eigenvalue weighted by atomic mass is 79.9. The van der Waals surface area contributed by atoms with Gasteiger partial charge in [0.05, 0.1) is 11.1 Å². The third-order valence-electron chi connectivity index (χ3n) is 3.16. The second-order valence-electron chi connectivity index (χ2n) is 4.43. The van der Waals surface area contributed by atoms with Gasteiger partial charge in [-0.2, -0.15) is 0 Å². The molecule has 1 fully saturated rings. The van der Waals surface area contributed by atoms with Crippen molar-refractivity contribution in [2.75, 3.05) is 19.1 Å². The van der Waals surface area contributed by atoms with E-state index in [2.05, 4.69) is 15.9 Å². The summed E-state index contributed by atoms with van der Waals surface area (Å²) in [5, 5.41) is 0. The lowest BCUT2D eigenvalue weighted by Crippen LogP contribution is -2.27. The SMILES string of the molecule is Fc1ccc(Br)c(F)c1CC1(CCl)CCOC1. The molecular weight excluding hydrogens is 313 g/mol. The van der Waals surface area contributed by atoms with Gasteiger partial charge in [-0.3, -0.25) is 0 Å². The van der Waals surface area contributed by atoms with E-state index in [-0.39, 0.29) is 21.9 Å². The maximum atomic E-state index is 13.9. The molecule has 1 aliphatic rings. The second kappa shape index (κ2) is 5.21. The van der Waals surface area contributed by atoms with Crippen LogP contribution in [-0.2, 0) is 11.2 Å². The number of alkyl halides is 1. The number of hydrogen-bond acceptors (Lipinski definition) is 1. The summed E-state index contributed by atoms with van der Waals surface area (Å²) in [6.45, 7) is 1.06. The lowest BCUT2D eigenvalue weighted by molar-refractivity contribution is 0.160. The van der Waals surface area contributed by atoms with Gasteiger partial charge in [-0.15, -0.1) is 11.6 Å². The average Bonchev–Trinajstić information content (AvgIpc) is 2.79. The largest absolute Gasteiger partial charge is 0.381 e. The Balaban J connectivity index is 2.32. The Morgan fingerprint density at radius 2 is 2.18 bits per heavy atom. The minimum atomic E-state index is -0.540. The van der Waals surface area contributed by atoms with E-state index in [0.29, 0.717) is 19.1 Å². The summed E-state index contributed by atoms with van der Waals surface area (Å²) in [6, 6.07) is 2.63. The van der Waals surface area contributed by atoms with Crippen molar-refractivity contribution < 1.29 is 13.5 Å². The van der Waals surface area contributed by atoms with Gasteiger partial charge in [0.2, 0.25) is 0 Å². The normalized spacial score (nSPS) is 24.2. The van der Waals surface area contributed by atoms with Gasteiger partial charge >= 0.3 is 0 Å². The van der Waals surface area contributed by atoms with Crippen LogP contribution in [0.2, 0.25) is 0 Å². The molecule has 1 nitrogen and oxygen atoms in total. The minimum absolute atomic E-state index is 0.0884. The summed E-state index contributed by atoms with van der Waals surface area (Å²) in [4.78, 5) is 0. The van der Waals surface area contributed by atoms with Crippen LogP contribution in [0.4, 0.5) is 8.78 Å². The Kier molecular flexibility index (Phi) is 4.06. The van der Waals surface area contributed by atoms with Crippen molar-refractivity contribution in [2.24, 2.45) is 5.41 Å². The highest BCUT2D eigenvalue weighted by molar-refractivity contribution is 9.10. The molecule has 1 saturated heterocycles. The number of rotatable bonds is 3. The van der Waals surface area contributed by atoms with Gasteiger partial charge in [0, 0.05) is 23.5 Å². The van der Waals surface area contributed by atoms with Crippen molar-refractivity contribution >= 4 is 27.5 Å². The van der Waals surface area contributed by atoms with Crippen molar-refractivity contribution in [3.63, 3.8) is 0 Å². The molecule has 0 bridgehead atoms. The van der Waals surface area contributed by atoms with Gasteiger partial charge in [-0.05, 0) is 40.9 Å². The Labute approximate surface area is 112 Å². The third-order valence-corrected chi connectivity index (χ3v) is 4.34. The Bertz CT molecular complexity index is 419. The minimum Gasteiger partial charge on any atom is -0.381 e. The van der Waals surface area contributed by atoms with E-state index in [0.717, 1.165) is 6.42 Å². The average molecular weight is 326 g/mol. The van der Waals surface area contributed by atoms with E-state index in [9.17, 15) is 8.78 Å². The van der Waals surface area contributed by atoms with Crippen molar-refractivity contribution in [1.29, 1.82) is 0 Å². The molecule has 5 heteroatoms. The summed E-state index contributed by atoms with van der Waals surface area (Å²) >= 11 is 8.99. The molecule has 0 spiro atoms. The topological polar surface area (TPSA) is 9.23 Å². The first-order valence-electron chi connectivity index (χ1n) is 5.34. The maximum Gasteiger partial charge on any atom is 0.143 e. The molecule has 0 aromatic heterocycles. The predicted molar refractivity (Wildman–Crippen MR) is 66.4 cm³/mol. The first kappa shape index (κ1) is 13.2. The summed E-state index contributed by atoms with van der Waals surface area (Å²) < 4.78 is 33.1. The smallest absolute Gasteiger partial charge is 0.143 e.